The van der Waals surface area contributed by atoms with Crippen molar-refractivity contribution in [3.05, 3.63) is 40.1 Å². The molecule has 0 saturated carbocycles. The monoisotopic (exact) mass is 358 g/mol. The van der Waals surface area contributed by atoms with Gasteiger partial charge < -0.3 is 20.3 Å². The highest BCUT2D eigenvalue weighted by Gasteiger charge is 2.24. The van der Waals surface area contributed by atoms with Crippen molar-refractivity contribution in [3.63, 3.8) is 0 Å². The molecule has 0 radical (unpaired) electrons. The molecule has 2 N–H and O–H groups in total. The zero-order valence-corrected chi connectivity index (χ0v) is 14.9. The van der Waals surface area contributed by atoms with Crippen LogP contribution in [-0.4, -0.2) is 47.7 Å². The van der Waals surface area contributed by atoms with E-state index in [2.05, 4.69) is 20.6 Å². The average molecular weight is 358 g/mol. The quantitative estimate of drug-likeness (QED) is 0.598. The molecule has 0 amide bonds. The van der Waals surface area contributed by atoms with Gasteiger partial charge in [0.2, 0.25) is 11.8 Å². The molecule has 0 bridgehead atoms. The Morgan fingerprint density at radius 3 is 2.58 bits per heavy atom. The fraction of sp³-hybridized carbons (Fsp3) is 0.412. The van der Waals surface area contributed by atoms with E-state index in [9.17, 15) is 10.1 Å². The summed E-state index contributed by atoms with van der Waals surface area (Å²) in [5.74, 6) is 1.44. The molecule has 1 saturated heterocycles. The summed E-state index contributed by atoms with van der Waals surface area (Å²) in [7, 11) is 0. The predicted molar refractivity (Wildman–Crippen MR) is 99.4 cm³/mol. The zero-order valence-electron chi connectivity index (χ0n) is 14.9. The molecular weight excluding hydrogens is 336 g/mol. The Morgan fingerprint density at radius 2 is 1.96 bits per heavy atom. The molecule has 1 fully saturated rings. The first-order valence-corrected chi connectivity index (χ1v) is 8.57. The molecule has 2 heterocycles. The van der Waals surface area contributed by atoms with Gasteiger partial charge in [0.1, 0.15) is 11.4 Å². The molecule has 0 unspecified atom stereocenters. The second-order valence-electron chi connectivity index (χ2n) is 5.88. The standard InChI is InChI=1S/C17H22N6O3/c1-3-26-14-6-4-13(5-7-14)20-16-15(23(24)25)12(2)19-17(21-16)22-10-8-18-9-11-22/h4-7,18H,3,8-11H2,1-2H3,(H,19,20,21). The van der Waals surface area contributed by atoms with Crippen LogP contribution in [0, 0.1) is 17.0 Å². The molecule has 9 heteroatoms. The molecule has 1 aromatic heterocycles. The van der Waals surface area contributed by atoms with E-state index in [-0.39, 0.29) is 11.5 Å². The molecule has 3 rings (SSSR count). The van der Waals surface area contributed by atoms with Gasteiger partial charge in [-0.3, -0.25) is 10.1 Å². The van der Waals surface area contributed by atoms with Crippen LogP contribution < -0.4 is 20.3 Å². The Morgan fingerprint density at radius 1 is 1.27 bits per heavy atom. The summed E-state index contributed by atoms with van der Waals surface area (Å²) >= 11 is 0. The van der Waals surface area contributed by atoms with Gasteiger partial charge in [0.15, 0.2) is 0 Å². The number of ether oxygens (including phenoxy) is 1. The van der Waals surface area contributed by atoms with Crippen molar-refractivity contribution in [2.24, 2.45) is 0 Å². The summed E-state index contributed by atoms with van der Waals surface area (Å²) in [4.78, 5) is 21.9. The van der Waals surface area contributed by atoms with Crippen molar-refractivity contribution in [1.82, 2.24) is 15.3 Å². The summed E-state index contributed by atoms with van der Waals surface area (Å²) in [6.45, 7) is 7.32. The van der Waals surface area contributed by atoms with Gasteiger partial charge in [0.05, 0.1) is 11.5 Å². The Balaban J connectivity index is 1.92. The van der Waals surface area contributed by atoms with Gasteiger partial charge >= 0.3 is 5.69 Å². The minimum absolute atomic E-state index is 0.113. The van der Waals surface area contributed by atoms with Crippen molar-refractivity contribution < 1.29 is 9.66 Å². The van der Waals surface area contributed by atoms with Gasteiger partial charge in [-0.2, -0.15) is 4.98 Å². The molecular formula is C17H22N6O3. The third-order valence-corrected chi connectivity index (χ3v) is 4.06. The maximum Gasteiger partial charge on any atom is 0.332 e. The number of nitrogens with one attached hydrogen (secondary N) is 2. The minimum atomic E-state index is -0.451. The molecule has 1 aliphatic rings. The Hall–Kier alpha value is -2.94. The average Bonchev–Trinajstić information content (AvgIpc) is 2.63. The number of anilines is 3. The Labute approximate surface area is 151 Å². The van der Waals surface area contributed by atoms with E-state index in [0.717, 1.165) is 31.9 Å². The van der Waals surface area contributed by atoms with E-state index in [4.69, 9.17) is 4.74 Å². The SMILES string of the molecule is CCOc1ccc(Nc2nc(N3CCNCC3)nc(C)c2[N+](=O)[O-])cc1. The van der Waals surface area contributed by atoms with Gasteiger partial charge in [-0.1, -0.05) is 0 Å². The van der Waals surface area contributed by atoms with Crippen LogP contribution in [0.5, 0.6) is 5.75 Å². The number of nitro groups is 1. The lowest BCUT2D eigenvalue weighted by atomic mass is 10.3. The lowest BCUT2D eigenvalue weighted by Gasteiger charge is -2.27. The van der Waals surface area contributed by atoms with Crippen molar-refractivity contribution in [2.75, 3.05) is 43.0 Å². The highest BCUT2D eigenvalue weighted by Crippen LogP contribution is 2.30. The maximum absolute atomic E-state index is 11.5. The Bertz CT molecular complexity index is 775. The summed E-state index contributed by atoms with van der Waals surface area (Å²) in [6.07, 6.45) is 0. The number of nitrogens with zero attached hydrogens (tertiary/aromatic N) is 4. The van der Waals surface area contributed by atoms with Crippen LogP contribution in [0.15, 0.2) is 24.3 Å². The first kappa shape index (κ1) is 17.9. The Kier molecular flexibility index (Phi) is 5.47. The van der Waals surface area contributed by atoms with Gasteiger partial charge in [0.25, 0.3) is 0 Å². The zero-order chi connectivity index (χ0) is 18.5. The fourth-order valence-corrected chi connectivity index (χ4v) is 2.80. The molecule has 26 heavy (non-hydrogen) atoms. The number of aromatic nitrogens is 2. The lowest BCUT2D eigenvalue weighted by Crippen LogP contribution is -2.44. The van der Waals surface area contributed by atoms with Crippen LogP contribution in [0.3, 0.4) is 0 Å². The van der Waals surface area contributed by atoms with Gasteiger partial charge in [-0.25, -0.2) is 4.98 Å². The number of aryl methyl sites for hydroxylation is 1. The largest absolute Gasteiger partial charge is 0.494 e. The van der Waals surface area contributed by atoms with Gasteiger partial charge in [0, 0.05) is 31.9 Å². The molecule has 1 aliphatic heterocycles. The molecule has 1 aromatic carbocycles. The molecule has 0 aliphatic carbocycles. The number of piperazine rings is 1. The van der Waals surface area contributed by atoms with E-state index >= 15 is 0 Å². The smallest absolute Gasteiger partial charge is 0.332 e. The van der Waals surface area contributed by atoms with E-state index in [1.165, 1.54) is 0 Å². The van der Waals surface area contributed by atoms with Crippen LogP contribution in [0.1, 0.15) is 12.6 Å². The van der Waals surface area contributed by atoms with Crippen molar-refractivity contribution in [1.29, 1.82) is 0 Å². The fourth-order valence-electron chi connectivity index (χ4n) is 2.80. The van der Waals surface area contributed by atoms with Gasteiger partial charge in [-0.05, 0) is 38.1 Å². The minimum Gasteiger partial charge on any atom is -0.494 e. The van der Waals surface area contributed by atoms with Crippen molar-refractivity contribution in [2.45, 2.75) is 13.8 Å². The molecule has 0 atom stereocenters. The molecule has 0 spiro atoms. The number of benzene rings is 1. The van der Waals surface area contributed by atoms with E-state index in [1.54, 1.807) is 19.1 Å². The summed E-state index contributed by atoms with van der Waals surface area (Å²) in [5.41, 5.74) is 0.922. The van der Waals surface area contributed by atoms with Crippen LogP contribution in [-0.2, 0) is 0 Å². The lowest BCUT2D eigenvalue weighted by molar-refractivity contribution is -0.385. The van der Waals surface area contributed by atoms with Crippen LogP contribution in [0.4, 0.5) is 23.1 Å². The van der Waals surface area contributed by atoms with Gasteiger partial charge in [-0.15, -0.1) is 0 Å². The van der Waals surface area contributed by atoms with Crippen LogP contribution in [0.25, 0.3) is 0 Å². The molecule has 2 aromatic rings. The molecule has 138 valence electrons. The first-order chi connectivity index (χ1) is 12.6. The second kappa shape index (κ2) is 7.96. The maximum atomic E-state index is 11.5. The third kappa shape index (κ3) is 3.99. The first-order valence-electron chi connectivity index (χ1n) is 8.57. The van der Waals surface area contributed by atoms with Crippen molar-refractivity contribution in [3.8, 4) is 5.75 Å². The van der Waals surface area contributed by atoms with Crippen LogP contribution in [0.2, 0.25) is 0 Å². The van der Waals surface area contributed by atoms with Crippen molar-refractivity contribution >= 4 is 23.1 Å². The van der Waals surface area contributed by atoms with E-state index < -0.39 is 4.92 Å². The number of hydrogen-bond acceptors (Lipinski definition) is 8. The summed E-state index contributed by atoms with van der Waals surface area (Å²) in [6, 6.07) is 7.22. The summed E-state index contributed by atoms with van der Waals surface area (Å²) in [5, 5.41) is 17.8. The topological polar surface area (TPSA) is 105 Å². The normalized spacial score (nSPS) is 14.2. The van der Waals surface area contributed by atoms with Crippen LogP contribution >= 0.6 is 0 Å². The highest BCUT2D eigenvalue weighted by atomic mass is 16.6. The number of hydrogen-bond donors (Lipinski definition) is 2. The third-order valence-electron chi connectivity index (χ3n) is 4.06. The predicted octanol–water partition coefficient (Wildman–Crippen LogP) is 2.25. The van der Waals surface area contributed by atoms with E-state index in [1.807, 2.05) is 24.0 Å². The number of rotatable bonds is 6. The summed E-state index contributed by atoms with van der Waals surface area (Å²) < 4.78 is 5.42. The molecule has 9 nitrogen and oxygen atoms in total. The highest BCUT2D eigenvalue weighted by molar-refractivity contribution is 5.68. The van der Waals surface area contributed by atoms with E-state index in [0.29, 0.717) is 23.9 Å². The second-order valence-corrected chi connectivity index (χ2v) is 5.88.